The van der Waals surface area contributed by atoms with E-state index in [4.69, 9.17) is 27.9 Å². The fourth-order valence-corrected chi connectivity index (χ4v) is 5.51. The number of benzene rings is 3. The molecule has 2 nitrogen and oxygen atoms in total. The lowest BCUT2D eigenvalue weighted by molar-refractivity contribution is 0.0597. The van der Waals surface area contributed by atoms with Gasteiger partial charge in [-0.1, -0.05) is 58.9 Å². The third kappa shape index (κ3) is 5.35. The molecule has 0 spiro atoms. The molecule has 0 aromatic heterocycles. The van der Waals surface area contributed by atoms with Gasteiger partial charge in [0.25, 0.3) is 0 Å². The highest BCUT2D eigenvalue weighted by molar-refractivity contribution is 14.1. The van der Waals surface area contributed by atoms with Gasteiger partial charge < -0.3 is 4.74 Å². The topological polar surface area (TPSA) is 26.3 Å². The summed E-state index contributed by atoms with van der Waals surface area (Å²) in [7, 11) is 1.39. The average Bonchev–Trinajstić information content (AvgIpc) is 2.66. The van der Waals surface area contributed by atoms with Crippen LogP contribution in [0.5, 0.6) is 0 Å². The Balaban J connectivity index is 1.81. The Morgan fingerprint density at radius 1 is 0.889 bits per heavy atom. The number of hydrogen-bond donors (Lipinski definition) is 0. The van der Waals surface area contributed by atoms with Crippen LogP contribution in [0, 0.1) is 3.57 Å². The third-order valence-electron chi connectivity index (χ3n) is 3.54. The predicted molar refractivity (Wildman–Crippen MR) is 122 cm³/mol. The summed E-state index contributed by atoms with van der Waals surface area (Å²) in [5, 5.41) is 1.09. The van der Waals surface area contributed by atoms with Gasteiger partial charge >= 0.3 is 5.97 Å². The summed E-state index contributed by atoms with van der Waals surface area (Å²) in [5.41, 5.74) is 0.564. The van der Waals surface area contributed by atoms with E-state index < -0.39 is 0 Å². The average molecular weight is 547 g/mol. The second-order valence-corrected chi connectivity index (χ2v) is 9.57. The SMILES string of the molecule is COC(=O)c1ccccc1Sc1ccc(Sc2ccc(Cl)c(Cl)c2)c(I)c1. The number of methoxy groups -OCH3 is 1. The Kier molecular flexibility index (Phi) is 7.39. The number of rotatable bonds is 5. The van der Waals surface area contributed by atoms with Crippen molar-refractivity contribution in [2.24, 2.45) is 0 Å². The monoisotopic (exact) mass is 546 g/mol. The largest absolute Gasteiger partial charge is 0.465 e. The van der Waals surface area contributed by atoms with Crippen molar-refractivity contribution in [1.82, 2.24) is 0 Å². The standard InChI is InChI=1S/C20H13Cl2IO2S2/c1-25-20(24)14-4-2-3-5-18(14)26-13-7-9-19(17(23)11-13)27-12-6-8-15(21)16(22)10-12/h2-11H,1H3. The Morgan fingerprint density at radius 2 is 1.56 bits per heavy atom. The van der Waals surface area contributed by atoms with Crippen LogP contribution in [0.3, 0.4) is 0 Å². The van der Waals surface area contributed by atoms with Gasteiger partial charge in [-0.15, -0.1) is 0 Å². The first-order valence-electron chi connectivity index (χ1n) is 7.75. The highest BCUT2D eigenvalue weighted by Gasteiger charge is 2.13. The zero-order valence-electron chi connectivity index (χ0n) is 14.0. The van der Waals surface area contributed by atoms with E-state index in [-0.39, 0.29) is 5.97 Å². The number of ether oxygens (including phenoxy) is 1. The lowest BCUT2D eigenvalue weighted by atomic mass is 10.2. The van der Waals surface area contributed by atoms with Crippen LogP contribution in [0.2, 0.25) is 10.0 Å². The molecular formula is C20H13Cl2IO2S2. The molecule has 0 saturated carbocycles. The molecule has 138 valence electrons. The molecule has 0 aliphatic heterocycles. The van der Waals surface area contributed by atoms with Crippen LogP contribution >= 0.6 is 69.3 Å². The quantitative estimate of drug-likeness (QED) is 0.242. The molecule has 0 aliphatic carbocycles. The fraction of sp³-hybridized carbons (Fsp3) is 0.0500. The van der Waals surface area contributed by atoms with Crippen LogP contribution < -0.4 is 0 Å². The Bertz CT molecular complexity index is 995. The molecule has 3 aromatic rings. The lowest BCUT2D eigenvalue weighted by Gasteiger charge is -2.10. The highest BCUT2D eigenvalue weighted by Crippen LogP contribution is 2.38. The molecule has 27 heavy (non-hydrogen) atoms. The second kappa shape index (κ2) is 9.56. The van der Waals surface area contributed by atoms with E-state index in [9.17, 15) is 4.79 Å². The number of carbonyl (C=O) groups is 1. The molecule has 0 unspecified atom stereocenters. The fourth-order valence-electron chi connectivity index (χ4n) is 2.26. The van der Waals surface area contributed by atoms with Crippen LogP contribution in [-0.4, -0.2) is 13.1 Å². The maximum absolute atomic E-state index is 11.9. The predicted octanol–water partition coefficient (Wildman–Crippen LogP) is 7.69. The molecule has 0 aliphatic rings. The van der Waals surface area contributed by atoms with Gasteiger partial charge in [-0.3, -0.25) is 0 Å². The number of hydrogen-bond acceptors (Lipinski definition) is 4. The summed E-state index contributed by atoms with van der Waals surface area (Å²) in [6, 6.07) is 19.2. The number of carbonyl (C=O) groups excluding carboxylic acids is 1. The van der Waals surface area contributed by atoms with Gasteiger partial charge in [0.05, 0.1) is 22.7 Å². The molecule has 0 radical (unpaired) electrons. The van der Waals surface area contributed by atoms with Crippen molar-refractivity contribution in [3.8, 4) is 0 Å². The minimum atomic E-state index is -0.334. The maximum atomic E-state index is 11.9. The first-order chi connectivity index (χ1) is 13.0. The lowest BCUT2D eigenvalue weighted by Crippen LogP contribution is -2.02. The normalized spacial score (nSPS) is 10.7. The molecule has 7 heteroatoms. The first-order valence-corrected chi connectivity index (χ1v) is 11.2. The molecule has 0 N–H and O–H groups in total. The Labute approximate surface area is 190 Å². The van der Waals surface area contributed by atoms with Crippen molar-refractivity contribution in [1.29, 1.82) is 0 Å². The molecule has 0 fully saturated rings. The zero-order chi connectivity index (χ0) is 19.4. The van der Waals surface area contributed by atoms with Crippen molar-refractivity contribution in [2.75, 3.05) is 7.11 Å². The van der Waals surface area contributed by atoms with Crippen molar-refractivity contribution >= 4 is 75.3 Å². The highest BCUT2D eigenvalue weighted by atomic mass is 127. The molecule has 0 heterocycles. The van der Waals surface area contributed by atoms with Gasteiger partial charge in [0.1, 0.15) is 0 Å². The van der Waals surface area contributed by atoms with Crippen LogP contribution in [0.15, 0.2) is 80.2 Å². The smallest absolute Gasteiger partial charge is 0.339 e. The van der Waals surface area contributed by atoms with Crippen molar-refractivity contribution in [2.45, 2.75) is 19.6 Å². The molecular weight excluding hydrogens is 534 g/mol. The van der Waals surface area contributed by atoms with Crippen molar-refractivity contribution in [3.63, 3.8) is 0 Å². The van der Waals surface area contributed by atoms with Crippen LogP contribution in [-0.2, 0) is 4.74 Å². The van der Waals surface area contributed by atoms with E-state index in [1.165, 1.54) is 18.9 Å². The maximum Gasteiger partial charge on any atom is 0.339 e. The summed E-state index contributed by atoms with van der Waals surface area (Å²) in [4.78, 5) is 16.0. The van der Waals surface area contributed by atoms with E-state index in [2.05, 4.69) is 34.7 Å². The van der Waals surface area contributed by atoms with E-state index in [0.717, 1.165) is 23.2 Å². The molecule has 3 aromatic carbocycles. The summed E-state index contributed by atoms with van der Waals surface area (Å²) in [6.45, 7) is 0. The number of esters is 1. The molecule has 0 amide bonds. The second-order valence-electron chi connectivity index (χ2n) is 5.36. The van der Waals surface area contributed by atoms with E-state index in [1.54, 1.807) is 23.9 Å². The van der Waals surface area contributed by atoms with E-state index >= 15 is 0 Å². The number of halogens is 3. The molecule has 0 saturated heterocycles. The van der Waals surface area contributed by atoms with Gasteiger partial charge in [0.2, 0.25) is 0 Å². The van der Waals surface area contributed by atoms with Gasteiger partial charge in [-0.2, -0.15) is 0 Å². The molecule has 0 atom stereocenters. The Morgan fingerprint density at radius 3 is 2.26 bits per heavy atom. The van der Waals surface area contributed by atoms with Gasteiger partial charge in [-0.25, -0.2) is 4.79 Å². The van der Waals surface area contributed by atoms with Gasteiger partial charge in [0, 0.05) is 23.2 Å². The Hall–Kier alpha value is -0.860. The van der Waals surface area contributed by atoms with Crippen LogP contribution in [0.4, 0.5) is 0 Å². The van der Waals surface area contributed by atoms with Crippen molar-refractivity contribution < 1.29 is 9.53 Å². The van der Waals surface area contributed by atoms with Crippen LogP contribution in [0.25, 0.3) is 0 Å². The zero-order valence-corrected chi connectivity index (χ0v) is 19.3. The minimum Gasteiger partial charge on any atom is -0.465 e. The van der Waals surface area contributed by atoms with Gasteiger partial charge in [0.15, 0.2) is 0 Å². The van der Waals surface area contributed by atoms with Crippen LogP contribution in [0.1, 0.15) is 10.4 Å². The summed E-state index contributed by atoms with van der Waals surface area (Å²) in [5.74, 6) is -0.334. The molecule has 0 bridgehead atoms. The summed E-state index contributed by atoms with van der Waals surface area (Å²) < 4.78 is 5.98. The van der Waals surface area contributed by atoms with E-state index in [1.807, 2.05) is 36.4 Å². The summed E-state index contributed by atoms with van der Waals surface area (Å²) >= 11 is 17.6. The van der Waals surface area contributed by atoms with E-state index in [0.29, 0.717) is 15.6 Å². The van der Waals surface area contributed by atoms with Crippen molar-refractivity contribution in [3.05, 3.63) is 79.8 Å². The summed E-state index contributed by atoms with van der Waals surface area (Å²) in [6.07, 6.45) is 0. The first kappa shape index (κ1) is 20.9. The minimum absolute atomic E-state index is 0.334. The third-order valence-corrected chi connectivity index (χ3v) is 7.67. The molecule has 3 rings (SSSR count). The van der Waals surface area contributed by atoms with Gasteiger partial charge in [-0.05, 0) is 71.1 Å².